The molecule has 2 aromatic rings. The van der Waals surface area contributed by atoms with Gasteiger partial charge in [0.2, 0.25) is 0 Å². The minimum Gasteiger partial charge on any atom is -0.383 e. The van der Waals surface area contributed by atoms with Crippen molar-refractivity contribution >= 4 is 23.3 Å². The number of carbonyl (C=O) groups is 1. The van der Waals surface area contributed by atoms with E-state index in [-0.39, 0.29) is 6.03 Å². The standard InChI is InChI=1S/C20H29ClN4O2/c1-6-15-8-9-18(21)16(7-2)19(15)23-20(26)22-12-17-13(3)24-25(14(17)4)10-11-27-5/h8-9H,6-7,10-12H2,1-5H3,(H2,22,23,26). The Balaban J connectivity index is 2.10. The molecule has 7 heteroatoms. The highest BCUT2D eigenvalue weighted by atomic mass is 35.5. The van der Waals surface area contributed by atoms with E-state index in [4.69, 9.17) is 16.3 Å². The molecule has 1 aromatic carbocycles. The minimum absolute atomic E-state index is 0.245. The van der Waals surface area contributed by atoms with Crippen LogP contribution in [0.3, 0.4) is 0 Å². The summed E-state index contributed by atoms with van der Waals surface area (Å²) in [5, 5.41) is 11.1. The van der Waals surface area contributed by atoms with E-state index >= 15 is 0 Å². The van der Waals surface area contributed by atoms with Crippen LogP contribution in [0.4, 0.5) is 10.5 Å². The number of ether oxygens (including phenoxy) is 1. The van der Waals surface area contributed by atoms with Crippen LogP contribution in [-0.4, -0.2) is 29.5 Å². The number of amides is 2. The van der Waals surface area contributed by atoms with Gasteiger partial charge in [-0.25, -0.2) is 4.79 Å². The first kappa shape index (κ1) is 21.3. The minimum atomic E-state index is -0.245. The van der Waals surface area contributed by atoms with Crippen molar-refractivity contribution < 1.29 is 9.53 Å². The Morgan fingerprint density at radius 2 is 1.96 bits per heavy atom. The van der Waals surface area contributed by atoms with Crippen molar-refractivity contribution in [2.24, 2.45) is 0 Å². The number of benzene rings is 1. The molecule has 0 saturated heterocycles. The van der Waals surface area contributed by atoms with Gasteiger partial charge in [0.25, 0.3) is 0 Å². The maximum Gasteiger partial charge on any atom is 0.319 e. The van der Waals surface area contributed by atoms with Crippen LogP contribution in [0.15, 0.2) is 12.1 Å². The number of nitrogens with one attached hydrogen (secondary N) is 2. The molecule has 0 fully saturated rings. The lowest BCUT2D eigenvalue weighted by Gasteiger charge is -2.16. The Labute approximate surface area is 166 Å². The topological polar surface area (TPSA) is 68.2 Å². The summed E-state index contributed by atoms with van der Waals surface area (Å²) in [7, 11) is 1.67. The first-order chi connectivity index (χ1) is 12.9. The molecule has 0 aliphatic rings. The number of rotatable bonds is 8. The summed E-state index contributed by atoms with van der Waals surface area (Å²) < 4.78 is 7.03. The van der Waals surface area contributed by atoms with Crippen molar-refractivity contribution in [1.82, 2.24) is 15.1 Å². The molecule has 2 amide bonds. The lowest BCUT2D eigenvalue weighted by Crippen LogP contribution is -2.29. The third-order valence-electron chi connectivity index (χ3n) is 4.78. The maximum absolute atomic E-state index is 12.5. The van der Waals surface area contributed by atoms with Crippen LogP contribution in [0.25, 0.3) is 0 Å². The van der Waals surface area contributed by atoms with Crippen LogP contribution in [-0.2, 0) is 30.7 Å². The molecule has 1 aromatic heterocycles. The number of methoxy groups -OCH3 is 1. The molecule has 1 heterocycles. The van der Waals surface area contributed by atoms with Crippen molar-refractivity contribution in [3.8, 4) is 0 Å². The predicted octanol–water partition coefficient (Wildman–Crippen LogP) is 4.25. The van der Waals surface area contributed by atoms with Crippen LogP contribution in [0.5, 0.6) is 0 Å². The summed E-state index contributed by atoms with van der Waals surface area (Å²) in [5.74, 6) is 0. The van der Waals surface area contributed by atoms with Gasteiger partial charge in [0.05, 0.1) is 24.5 Å². The first-order valence-electron chi connectivity index (χ1n) is 9.29. The van der Waals surface area contributed by atoms with Crippen LogP contribution in [0.1, 0.15) is 41.9 Å². The van der Waals surface area contributed by atoms with Crippen LogP contribution in [0.2, 0.25) is 5.02 Å². The largest absolute Gasteiger partial charge is 0.383 e. The lowest BCUT2D eigenvalue weighted by atomic mass is 10.0. The molecule has 0 spiro atoms. The maximum atomic E-state index is 12.5. The smallest absolute Gasteiger partial charge is 0.319 e. The monoisotopic (exact) mass is 392 g/mol. The number of nitrogens with zero attached hydrogens (tertiary/aromatic N) is 2. The second-order valence-corrected chi connectivity index (χ2v) is 6.85. The molecular weight excluding hydrogens is 364 g/mol. The Morgan fingerprint density at radius 1 is 1.22 bits per heavy atom. The molecule has 2 rings (SSSR count). The van der Waals surface area contributed by atoms with E-state index in [0.717, 1.165) is 46.6 Å². The lowest BCUT2D eigenvalue weighted by molar-refractivity contribution is 0.182. The summed E-state index contributed by atoms with van der Waals surface area (Å²) in [6.07, 6.45) is 1.58. The SMILES string of the molecule is CCc1ccc(Cl)c(CC)c1NC(=O)NCc1c(C)nn(CCOC)c1C. The van der Waals surface area contributed by atoms with Crippen LogP contribution < -0.4 is 10.6 Å². The molecule has 0 unspecified atom stereocenters. The fourth-order valence-corrected chi connectivity index (χ4v) is 3.47. The number of aryl methyl sites for hydroxylation is 2. The molecule has 2 N–H and O–H groups in total. The summed E-state index contributed by atoms with van der Waals surface area (Å²) in [4.78, 5) is 12.5. The van der Waals surface area contributed by atoms with E-state index in [0.29, 0.717) is 24.7 Å². The number of carbonyl (C=O) groups excluding carboxylic acids is 1. The third-order valence-corrected chi connectivity index (χ3v) is 5.13. The Hall–Kier alpha value is -2.05. The Morgan fingerprint density at radius 3 is 2.59 bits per heavy atom. The van der Waals surface area contributed by atoms with Crippen LogP contribution >= 0.6 is 11.6 Å². The average molecular weight is 393 g/mol. The summed E-state index contributed by atoms with van der Waals surface area (Å²) >= 11 is 6.31. The van der Waals surface area contributed by atoms with Gasteiger partial charge in [0.15, 0.2) is 0 Å². The number of hydrogen-bond donors (Lipinski definition) is 2. The van der Waals surface area contributed by atoms with E-state index in [1.54, 1.807) is 7.11 Å². The number of urea groups is 1. The number of anilines is 1. The van der Waals surface area contributed by atoms with Gasteiger partial charge >= 0.3 is 6.03 Å². The normalized spacial score (nSPS) is 10.9. The number of aromatic nitrogens is 2. The third kappa shape index (κ3) is 5.02. The van der Waals surface area contributed by atoms with Gasteiger partial charge in [-0.1, -0.05) is 31.5 Å². The highest BCUT2D eigenvalue weighted by molar-refractivity contribution is 6.31. The summed E-state index contributed by atoms with van der Waals surface area (Å²) in [5.41, 5.74) is 5.83. The van der Waals surface area contributed by atoms with Gasteiger partial charge in [-0.05, 0) is 43.9 Å². The molecule has 0 radical (unpaired) electrons. The predicted molar refractivity (Wildman–Crippen MR) is 110 cm³/mol. The number of hydrogen-bond acceptors (Lipinski definition) is 3. The van der Waals surface area contributed by atoms with E-state index in [1.165, 1.54) is 0 Å². The highest BCUT2D eigenvalue weighted by Gasteiger charge is 2.15. The fraction of sp³-hybridized carbons (Fsp3) is 0.500. The quantitative estimate of drug-likeness (QED) is 0.705. The van der Waals surface area contributed by atoms with Crippen molar-refractivity contribution in [3.05, 3.63) is 45.2 Å². The number of halogens is 1. The molecular formula is C20H29ClN4O2. The van der Waals surface area contributed by atoms with Crippen molar-refractivity contribution in [2.45, 2.75) is 53.6 Å². The Bertz CT molecular complexity index is 802. The van der Waals surface area contributed by atoms with Crippen molar-refractivity contribution in [2.75, 3.05) is 19.0 Å². The molecule has 0 aliphatic carbocycles. The van der Waals surface area contributed by atoms with Gasteiger partial charge in [-0.3, -0.25) is 4.68 Å². The molecule has 0 aliphatic heterocycles. The summed E-state index contributed by atoms with van der Waals surface area (Å²) in [6.45, 7) is 9.76. The van der Waals surface area contributed by atoms with Crippen molar-refractivity contribution in [3.63, 3.8) is 0 Å². The highest BCUT2D eigenvalue weighted by Crippen LogP contribution is 2.29. The summed E-state index contributed by atoms with van der Waals surface area (Å²) in [6, 6.07) is 3.61. The zero-order valence-corrected chi connectivity index (χ0v) is 17.5. The molecule has 6 nitrogen and oxygen atoms in total. The zero-order valence-electron chi connectivity index (χ0n) is 16.8. The van der Waals surface area contributed by atoms with Gasteiger partial charge in [0.1, 0.15) is 0 Å². The van der Waals surface area contributed by atoms with Gasteiger partial charge in [0, 0.05) is 29.9 Å². The van der Waals surface area contributed by atoms with E-state index in [9.17, 15) is 4.79 Å². The fourth-order valence-electron chi connectivity index (χ4n) is 3.18. The van der Waals surface area contributed by atoms with Gasteiger partial charge in [-0.15, -0.1) is 0 Å². The van der Waals surface area contributed by atoms with Gasteiger partial charge in [-0.2, -0.15) is 5.10 Å². The van der Waals surface area contributed by atoms with E-state index in [1.807, 2.05) is 37.6 Å². The Kier molecular flexibility index (Phi) is 7.68. The van der Waals surface area contributed by atoms with Crippen molar-refractivity contribution in [1.29, 1.82) is 0 Å². The second kappa shape index (κ2) is 9.76. The van der Waals surface area contributed by atoms with Gasteiger partial charge < -0.3 is 15.4 Å². The van der Waals surface area contributed by atoms with E-state index in [2.05, 4.69) is 22.7 Å². The van der Waals surface area contributed by atoms with E-state index < -0.39 is 0 Å². The zero-order chi connectivity index (χ0) is 20.0. The molecule has 148 valence electrons. The molecule has 0 atom stereocenters. The second-order valence-electron chi connectivity index (χ2n) is 6.44. The first-order valence-corrected chi connectivity index (χ1v) is 9.67. The van der Waals surface area contributed by atoms with Crippen LogP contribution in [0, 0.1) is 13.8 Å². The molecule has 0 bridgehead atoms. The molecule has 0 saturated carbocycles. The average Bonchev–Trinajstić information content (AvgIpc) is 2.92. The molecule has 27 heavy (non-hydrogen) atoms.